The van der Waals surface area contributed by atoms with Crippen LogP contribution in [0.4, 0.5) is 5.69 Å². The average Bonchev–Trinajstić information content (AvgIpc) is 3.06. The molecule has 1 saturated carbocycles. The Morgan fingerprint density at radius 3 is 2.28 bits per heavy atom. The second-order valence-corrected chi connectivity index (χ2v) is 5.40. The number of amides is 1. The van der Waals surface area contributed by atoms with E-state index in [0.29, 0.717) is 5.11 Å². The largest absolute Gasteiger partial charge is 0.332 e. The van der Waals surface area contributed by atoms with E-state index in [0.717, 1.165) is 29.7 Å². The van der Waals surface area contributed by atoms with Gasteiger partial charge >= 0.3 is 0 Å². The summed E-state index contributed by atoms with van der Waals surface area (Å²) in [5, 5.41) is 6.25. The highest BCUT2D eigenvalue weighted by Gasteiger charge is 2.30. The lowest BCUT2D eigenvalue weighted by molar-refractivity contribution is -0.120. The molecule has 1 fully saturated rings. The number of benzene rings is 1. The molecule has 0 saturated heterocycles. The fourth-order valence-electron chi connectivity index (χ4n) is 2.08. The van der Waals surface area contributed by atoms with Gasteiger partial charge in [-0.25, -0.2) is 0 Å². The minimum Gasteiger partial charge on any atom is -0.332 e. The molecule has 0 atom stereocenters. The van der Waals surface area contributed by atoms with E-state index in [1.54, 1.807) is 0 Å². The summed E-state index contributed by atoms with van der Waals surface area (Å²) in [6.07, 6.45) is 1.97. The van der Waals surface area contributed by atoms with Crippen LogP contribution in [0.15, 0.2) is 12.1 Å². The molecule has 0 spiro atoms. The van der Waals surface area contributed by atoms with Crippen molar-refractivity contribution in [3.8, 4) is 0 Å². The van der Waals surface area contributed by atoms with Crippen LogP contribution in [0, 0.1) is 26.7 Å². The van der Waals surface area contributed by atoms with Gasteiger partial charge in [0.25, 0.3) is 0 Å². The first-order valence-corrected chi connectivity index (χ1v) is 6.58. The number of rotatable bonds is 2. The predicted octanol–water partition coefficient (Wildman–Crippen LogP) is 2.83. The molecule has 0 unspecified atom stereocenters. The van der Waals surface area contributed by atoms with Crippen LogP contribution >= 0.6 is 12.2 Å². The van der Waals surface area contributed by atoms with Gasteiger partial charge in [-0.1, -0.05) is 17.7 Å². The fraction of sp³-hybridized carbons (Fsp3) is 0.429. The Balaban J connectivity index is 2.04. The molecule has 1 aromatic carbocycles. The van der Waals surface area contributed by atoms with Gasteiger partial charge in [0.15, 0.2) is 5.11 Å². The minimum absolute atomic E-state index is 0.0370. The van der Waals surface area contributed by atoms with Gasteiger partial charge in [0.2, 0.25) is 5.91 Å². The standard InChI is InChI=1S/C14H18N2OS/c1-8-6-9(2)12(10(3)7-8)15-14(18)16-13(17)11-4-5-11/h6-7,11H,4-5H2,1-3H3,(H2,15,16,17,18). The summed E-state index contributed by atoms with van der Waals surface area (Å²) in [7, 11) is 0. The topological polar surface area (TPSA) is 41.1 Å². The highest BCUT2D eigenvalue weighted by Crippen LogP contribution is 2.28. The van der Waals surface area contributed by atoms with Crippen LogP contribution in [-0.4, -0.2) is 11.0 Å². The summed E-state index contributed by atoms with van der Waals surface area (Å²) in [4.78, 5) is 11.6. The van der Waals surface area contributed by atoms with Crippen molar-refractivity contribution < 1.29 is 4.79 Å². The highest BCUT2D eigenvalue weighted by atomic mass is 32.1. The number of anilines is 1. The summed E-state index contributed by atoms with van der Waals surface area (Å²) >= 11 is 5.17. The number of carbonyl (C=O) groups is 1. The van der Waals surface area contributed by atoms with E-state index >= 15 is 0 Å². The van der Waals surface area contributed by atoms with Crippen molar-refractivity contribution >= 4 is 28.9 Å². The maximum atomic E-state index is 11.6. The third kappa shape index (κ3) is 3.07. The Bertz CT molecular complexity index is 484. The summed E-state index contributed by atoms with van der Waals surface area (Å²) in [5.41, 5.74) is 4.48. The maximum Gasteiger partial charge on any atom is 0.229 e. The van der Waals surface area contributed by atoms with Crippen molar-refractivity contribution in [3.05, 3.63) is 28.8 Å². The van der Waals surface area contributed by atoms with E-state index in [4.69, 9.17) is 12.2 Å². The van der Waals surface area contributed by atoms with Crippen molar-refractivity contribution in [2.24, 2.45) is 5.92 Å². The monoisotopic (exact) mass is 262 g/mol. The molecule has 2 rings (SSSR count). The first kappa shape index (κ1) is 13.0. The molecule has 1 aromatic rings. The second-order valence-electron chi connectivity index (χ2n) is 4.99. The first-order chi connectivity index (χ1) is 8.47. The van der Waals surface area contributed by atoms with Crippen LogP contribution in [0.25, 0.3) is 0 Å². The molecule has 1 amide bonds. The lowest BCUT2D eigenvalue weighted by Crippen LogP contribution is -2.35. The Kier molecular flexibility index (Phi) is 3.66. The molecular formula is C14H18N2OS. The van der Waals surface area contributed by atoms with Crippen molar-refractivity contribution in [1.29, 1.82) is 0 Å². The van der Waals surface area contributed by atoms with E-state index in [9.17, 15) is 4.79 Å². The van der Waals surface area contributed by atoms with Crippen molar-refractivity contribution in [1.82, 2.24) is 5.32 Å². The molecule has 18 heavy (non-hydrogen) atoms. The Labute approximate surface area is 113 Å². The van der Waals surface area contributed by atoms with Crippen LogP contribution in [-0.2, 0) is 4.79 Å². The van der Waals surface area contributed by atoms with Gasteiger partial charge < -0.3 is 10.6 Å². The average molecular weight is 262 g/mol. The summed E-state index contributed by atoms with van der Waals surface area (Å²) in [5.74, 6) is 0.208. The van der Waals surface area contributed by atoms with E-state index in [1.165, 1.54) is 5.56 Å². The fourth-order valence-corrected chi connectivity index (χ4v) is 2.28. The van der Waals surface area contributed by atoms with Crippen LogP contribution in [0.3, 0.4) is 0 Å². The normalized spacial score (nSPS) is 14.2. The second kappa shape index (κ2) is 5.06. The third-order valence-corrected chi connectivity index (χ3v) is 3.30. The lowest BCUT2D eigenvalue weighted by Gasteiger charge is -2.15. The lowest BCUT2D eigenvalue weighted by atomic mass is 10.1. The summed E-state index contributed by atoms with van der Waals surface area (Å²) in [6, 6.07) is 4.20. The molecule has 2 N–H and O–H groups in total. The number of thiocarbonyl (C=S) groups is 1. The molecule has 96 valence electrons. The van der Waals surface area contributed by atoms with Crippen LogP contribution in [0.1, 0.15) is 29.5 Å². The molecule has 0 radical (unpaired) electrons. The molecule has 3 nitrogen and oxygen atoms in total. The van der Waals surface area contributed by atoms with Gasteiger partial charge in [-0.05, 0) is 57.0 Å². The molecule has 0 aliphatic heterocycles. The molecule has 1 aliphatic carbocycles. The van der Waals surface area contributed by atoms with Crippen LogP contribution < -0.4 is 10.6 Å². The number of hydrogen-bond acceptors (Lipinski definition) is 2. The van der Waals surface area contributed by atoms with E-state index in [-0.39, 0.29) is 11.8 Å². The van der Waals surface area contributed by atoms with Gasteiger partial charge in [0.05, 0.1) is 0 Å². The number of aryl methyl sites for hydroxylation is 3. The smallest absolute Gasteiger partial charge is 0.229 e. The number of nitrogens with one attached hydrogen (secondary N) is 2. The number of carbonyl (C=O) groups excluding carboxylic acids is 1. The molecule has 0 bridgehead atoms. The van der Waals surface area contributed by atoms with Gasteiger partial charge in [0, 0.05) is 11.6 Å². The Morgan fingerprint density at radius 2 is 1.78 bits per heavy atom. The highest BCUT2D eigenvalue weighted by molar-refractivity contribution is 7.80. The zero-order valence-electron chi connectivity index (χ0n) is 11.0. The first-order valence-electron chi connectivity index (χ1n) is 6.17. The molecular weight excluding hydrogens is 244 g/mol. The van der Waals surface area contributed by atoms with E-state index < -0.39 is 0 Å². The van der Waals surface area contributed by atoms with Crippen molar-refractivity contribution in [2.75, 3.05) is 5.32 Å². The van der Waals surface area contributed by atoms with Crippen LogP contribution in [0.2, 0.25) is 0 Å². The summed E-state index contributed by atoms with van der Waals surface area (Å²) in [6.45, 7) is 6.14. The zero-order chi connectivity index (χ0) is 13.3. The van der Waals surface area contributed by atoms with Crippen LogP contribution in [0.5, 0.6) is 0 Å². The Hall–Kier alpha value is -1.42. The van der Waals surface area contributed by atoms with Gasteiger partial charge in [-0.2, -0.15) is 0 Å². The molecule has 4 heteroatoms. The quantitative estimate of drug-likeness (QED) is 0.805. The SMILES string of the molecule is Cc1cc(C)c(NC(=S)NC(=O)C2CC2)c(C)c1. The molecule has 0 heterocycles. The summed E-state index contributed by atoms with van der Waals surface area (Å²) < 4.78 is 0. The van der Waals surface area contributed by atoms with Gasteiger partial charge in [-0.3, -0.25) is 4.79 Å². The van der Waals surface area contributed by atoms with Gasteiger partial charge in [0.1, 0.15) is 0 Å². The number of hydrogen-bond donors (Lipinski definition) is 2. The van der Waals surface area contributed by atoms with E-state index in [1.807, 2.05) is 13.8 Å². The molecule has 0 aromatic heterocycles. The maximum absolute atomic E-state index is 11.6. The molecule has 1 aliphatic rings. The van der Waals surface area contributed by atoms with Crippen molar-refractivity contribution in [3.63, 3.8) is 0 Å². The zero-order valence-corrected chi connectivity index (χ0v) is 11.8. The minimum atomic E-state index is 0.0370. The predicted molar refractivity (Wildman–Crippen MR) is 77.7 cm³/mol. The Morgan fingerprint density at radius 1 is 1.22 bits per heavy atom. The van der Waals surface area contributed by atoms with Crippen molar-refractivity contribution in [2.45, 2.75) is 33.6 Å². The third-order valence-electron chi connectivity index (χ3n) is 3.10. The van der Waals surface area contributed by atoms with E-state index in [2.05, 4.69) is 29.7 Å². The van der Waals surface area contributed by atoms with Gasteiger partial charge in [-0.15, -0.1) is 0 Å².